The molecule has 0 spiro atoms. The SMILES string of the molecule is CCC(c1ccccc1)N1C(=O)C(C2CC2)NC(=O)C1C. The van der Waals surface area contributed by atoms with Gasteiger partial charge in [-0.15, -0.1) is 0 Å². The van der Waals surface area contributed by atoms with Gasteiger partial charge < -0.3 is 10.2 Å². The van der Waals surface area contributed by atoms with Crippen molar-refractivity contribution in [2.75, 3.05) is 0 Å². The molecule has 2 aliphatic rings. The lowest BCUT2D eigenvalue weighted by atomic mass is 9.96. The summed E-state index contributed by atoms with van der Waals surface area (Å²) in [5, 5.41) is 2.91. The number of nitrogens with one attached hydrogen (secondary N) is 1. The smallest absolute Gasteiger partial charge is 0.246 e. The molecule has 0 bridgehead atoms. The van der Waals surface area contributed by atoms with Gasteiger partial charge in [-0.1, -0.05) is 37.3 Å². The fourth-order valence-electron chi connectivity index (χ4n) is 3.25. The molecule has 3 unspecified atom stereocenters. The van der Waals surface area contributed by atoms with Gasteiger partial charge >= 0.3 is 0 Å². The van der Waals surface area contributed by atoms with Crippen LogP contribution >= 0.6 is 0 Å². The van der Waals surface area contributed by atoms with E-state index in [4.69, 9.17) is 0 Å². The third-order valence-corrected chi connectivity index (χ3v) is 4.62. The summed E-state index contributed by atoms with van der Waals surface area (Å²) in [4.78, 5) is 26.9. The number of amides is 2. The van der Waals surface area contributed by atoms with Crippen molar-refractivity contribution in [2.24, 2.45) is 5.92 Å². The predicted molar refractivity (Wildman–Crippen MR) is 80.4 cm³/mol. The van der Waals surface area contributed by atoms with Gasteiger partial charge in [-0.05, 0) is 37.7 Å². The number of nitrogens with zero attached hydrogens (tertiary/aromatic N) is 1. The molecule has 1 heterocycles. The van der Waals surface area contributed by atoms with Crippen molar-refractivity contribution in [2.45, 2.75) is 51.2 Å². The topological polar surface area (TPSA) is 49.4 Å². The Bertz CT molecular complexity index is 539. The molecule has 1 aliphatic carbocycles. The van der Waals surface area contributed by atoms with Crippen LogP contribution < -0.4 is 5.32 Å². The Morgan fingerprint density at radius 1 is 1.24 bits per heavy atom. The highest BCUT2D eigenvalue weighted by atomic mass is 16.2. The minimum absolute atomic E-state index is 0.0269. The van der Waals surface area contributed by atoms with Crippen LogP contribution in [0.3, 0.4) is 0 Å². The fourth-order valence-corrected chi connectivity index (χ4v) is 3.25. The second-order valence-corrected chi connectivity index (χ2v) is 6.08. The van der Waals surface area contributed by atoms with E-state index >= 15 is 0 Å². The first kappa shape index (κ1) is 14.1. The molecule has 4 heteroatoms. The van der Waals surface area contributed by atoms with Crippen LogP contribution in [-0.4, -0.2) is 28.8 Å². The monoisotopic (exact) mass is 286 g/mol. The van der Waals surface area contributed by atoms with Crippen LogP contribution in [0.4, 0.5) is 0 Å². The van der Waals surface area contributed by atoms with Gasteiger partial charge in [0.05, 0.1) is 6.04 Å². The van der Waals surface area contributed by atoms with Crippen LogP contribution in [0.25, 0.3) is 0 Å². The maximum atomic E-state index is 12.8. The zero-order valence-electron chi connectivity index (χ0n) is 12.6. The highest BCUT2D eigenvalue weighted by molar-refractivity contribution is 5.97. The predicted octanol–water partition coefficient (Wildman–Crippen LogP) is 2.26. The summed E-state index contributed by atoms with van der Waals surface area (Å²) in [7, 11) is 0. The number of carbonyl (C=O) groups excluding carboxylic acids is 2. The Hall–Kier alpha value is -1.84. The van der Waals surface area contributed by atoms with Crippen LogP contribution in [0.1, 0.15) is 44.7 Å². The van der Waals surface area contributed by atoms with Crippen molar-refractivity contribution < 1.29 is 9.59 Å². The van der Waals surface area contributed by atoms with Crippen LogP contribution in [0.15, 0.2) is 30.3 Å². The molecule has 2 amide bonds. The first-order valence-corrected chi connectivity index (χ1v) is 7.81. The van der Waals surface area contributed by atoms with Gasteiger partial charge in [0.15, 0.2) is 0 Å². The number of piperazine rings is 1. The lowest BCUT2D eigenvalue weighted by Gasteiger charge is -2.42. The minimum Gasteiger partial charge on any atom is -0.342 e. The van der Waals surface area contributed by atoms with Gasteiger partial charge in [0, 0.05) is 0 Å². The summed E-state index contributed by atoms with van der Waals surface area (Å²) < 4.78 is 0. The van der Waals surface area contributed by atoms with Crippen LogP contribution in [-0.2, 0) is 9.59 Å². The van der Waals surface area contributed by atoms with Gasteiger partial charge in [-0.3, -0.25) is 9.59 Å². The van der Waals surface area contributed by atoms with E-state index in [-0.39, 0.29) is 23.9 Å². The highest BCUT2D eigenvalue weighted by Gasteiger charge is 2.47. The number of benzene rings is 1. The molecule has 1 aliphatic heterocycles. The van der Waals surface area contributed by atoms with E-state index in [2.05, 4.69) is 12.2 Å². The molecule has 1 aromatic rings. The average molecular weight is 286 g/mol. The molecule has 21 heavy (non-hydrogen) atoms. The summed E-state index contributed by atoms with van der Waals surface area (Å²) in [6, 6.07) is 9.26. The van der Waals surface area contributed by atoms with Gasteiger partial charge in [0.1, 0.15) is 12.1 Å². The summed E-state index contributed by atoms with van der Waals surface area (Å²) in [6.07, 6.45) is 2.90. The first-order valence-electron chi connectivity index (χ1n) is 7.81. The standard InChI is InChI=1S/C17H22N2O2/c1-3-14(12-7-5-4-6-8-12)19-11(2)16(20)18-15(17(19)21)13-9-10-13/h4-8,11,13-15H,3,9-10H2,1-2H3,(H,18,20). The molecule has 2 fully saturated rings. The molecule has 1 saturated heterocycles. The summed E-state index contributed by atoms with van der Waals surface area (Å²) in [5.41, 5.74) is 1.10. The maximum absolute atomic E-state index is 12.8. The number of rotatable bonds is 4. The molecule has 0 radical (unpaired) electrons. The summed E-state index contributed by atoms with van der Waals surface area (Å²) in [5.74, 6) is 0.394. The zero-order chi connectivity index (χ0) is 15.0. The normalized spacial score (nSPS) is 27.4. The van der Waals surface area contributed by atoms with Crippen molar-refractivity contribution in [3.05, 3.63) is 35.9 Å². The number of carbonyl (C=O) groups is 2. The Morgan fingerprint density at radius 3 is 2.48 bits per heavy atom. The average Bonchev–Trinajstić information content (AvgIpc) is 3.33. The molecule has 1 aromatic carbocycles. The van der Waals surface area contributed by atoms with Crippen molar-refractivity contribution in [3.63, 3.8) is 0 Å². The van der Waals surface area contributed by atoms with Crippen molar-refractivity contribution in [1.29, 1.82) is 0 Å². The van der Waals surface area contributed by atoms with E-state index < -0.39 is 6.04 Å². The zero-order valence-corrected chi connectivity index (χ0v) is 12.6. The highest BCUT2D eigenvalue weighted by Crippen LogP contribution is 2.37. The summed E-state index contributed by atoms with van der Waals surface area (Å²) in [6.45, 7) is 3.89. The van der Waals surface area contributed by atoms with Gasteiger partial charge in [0.25, 0.3) is 0 Å². The first-order chi connectivity index (χ1) is 10.1. The Kier molecular flexibility index (Phi) is 3.70. The molecule has 112 valence electrons. The van der Waals surface area contributed by atoms with Crippen LogP contribution in [0.5, 0.6) is 0 Å². The Morgan fingerprint density at radius 2 is 1.90 bits per heavy atom. The number of hydrogen-bond acceptors (Lipinski definition) is 2. The molecule has 4 nitrogen and oxygen atoms in total. The lowest BCUT2D eigenvalue weighted by molar-refractivity contribution is -0.152. The molecule has 0 aromatic heterocycles. The third-order valence-electron chi connectivity index (χ3n) is 4.62. The Balaban J connectivity index is 1.92. The van der Waals surface area contributed by atoms with Crippen LogP contribution in [0, 0.1) is 5.92 Å². The van der Waals surface area contributed by atoms with Crippen LogP contribution in [0.2, 0.25) is 0 Å². The number of hydrogen-bond donors (Lipinski definition) is 1. The van der Waals surface area contributed by atoms with Gasteiger partial charge in [0.2, 0.25) is 11.8 Å². The lowest BCUT2D eigenvalue weighted by Crippen LogP contribution is -2.63. The van der Waals surface area contributed by atoms with E-state index in [1.165, 1.54) is 0 Å². The van der Waals surface area contributed by atoms with Crippen molar-refractivity contribution in [1.82, 2.24) is 10.2 Å². The molecular formula is C17H22N2O2. The molecule has 3 rings (SSSR count). The second kappa shape index (κ2) is 5.51. The third kappa shape index (κ3) is 2.55. The van der Waals surface area contributed by atoms with Gasteiger partial charge in [-0.2, -0.15) is 0 Å². The second-order valence-electron chi connectivity index (χ2n) is 6.08. The van der Waals surface area contributed by atoms with E-state index in [0.717, 1.165) is 24.8 Å². The molecular weight excluding hydrogens is 264 g/mol. The molecule has 1 saturated carbocycles. The largest absolute Gasteiger partial charge is 0.342 e. The minimum atomic E-state index is -0.405. The van der Waals surface area contributed by atoms with Crippen molar-refractivity contribution >= 4 is 11.8 Å². The van der Waals surface area contributed by atoms with Crippen molar-refractivity contribution in [3.8, 4) is 0 Å². The Labute approximate surface area is 125 Å². The van der Waals surface area contributed by atoms with E-state index in [9.17, 15) is 9.59 Å². The summed E-state index contributed by atoms with van der Waals surface area (Å²) >= 11 is 0. The van der Waals surface area contributed by atoms with E-state index in [0.29, 0.717) is 5.92 Å². The molecule has 3 atom stereocenters. The fraction of sp³-hybridized carbons (Fsp3) is 0.529. The van der Waals surface area contributed by atoms with E-state index in [1.54, 1.807) is 4.90 Å². The van der Waals surface area contributed by atoms with E-state index in [1.807, 2.05) is 37.3 Å². The van der Waals surface area contributed by atoms with Gasteiger partial charge in [-0.25, -0.2) is 0 Å². The quantitative estimate of drug-likeness (QED) is 0.923. The molecule has 1 N–H and O–H groups in total. The maximum Gasteiger partial charge on any atom is 0.246 e.